The molecule has 1 saturated carbocycles. The van der Waals surface area contributed by atoms with Gasteiger partial charge in [-0.05, 0) is 177 Å². The third-order valence-electron chi connectivity index (χ3n) is 20.5. The minimum Gasteiger partial charge on any atom is -0.456 e. The van der Waals surface area contributed by atoms with Crippen LogP contribution in [0, 0.1) is 0 Å². The Morgan fingerprint density at radius 3 is 2.09 bits per heavy atom. The van der Waals surface area contributed by atoms with E-state index in [1.54, 1.807) is 0 Å². The number of anilines is 4. The van der Waals surface area contributed by atoms with Crippen LogP contribution in [-0.2, 0) is 28.1 Å². The van der Waals surface area contributed by atoms with Gasteiger partial charge in [-0.1, -0.05) is 161 Å². The zero-order valence-corrected chi connectivity index (χ0v) is 46.6. The molecular formula is C71H72BN3O. The fourth-order valence-corrected chi connectivity index (χ4v) is 16.0. The molecule has 5 heteroatoms. The van der Waals surface area contributed by atoms with Gasteiger partial charge in [0.1, 0.15) is 11.2 Å². The first-order chi connectivity index (χ1) is 36.5. The highest BCUT2D eigenvalue weighted by molar-refractivity contribution is 6.94. The summed E-state index contributed by atoms with van der Waals surface area (Å²) >= 11 is 0. The molecule has 2 atom stereocenters. The molecule has 5 heterocycles. The van der Waals surface area contributed by atoms with Crippen LogP contribution in [0.1, 0.15) is 155 Å². The van der Waals surface area contributed by atoms with Crippen LogP contribution in [0.2, 0.25) is 0 Å². The highest BCUT2D eigenvalue weighted by Gasteiger charge is 2.58. The maximum absolute atomic E-state index is 7.26. The second-order valence-corrected chi connectivity index (χ2v) is 26.8. The fraction of sp³-hybridized carbons (Fsp3) is 0.352. The normalized spacial score (nSPS) is 20.9. The summed E-state index contributed by atoms with van der Waals surface area (Å²) in [7, 11) is 0. The Bertz CT molecular complexity index is 4120. The van der Waals surface area contributed by atoms with E-state index in [2.05, 4.69) is 217 Å². The van der Waals surface area contributed by atoms with Crippen LogP contribution in [0.25, 0.3) is 71.3 Å². The summed E-state index contributed by atoms with van der Waals surface area (Å²) in [5.41, 5.74) is 23.3. The summed E-state index contributed by atoms with van der Waals surface area (Å²) in [4.78, 5) is 5.62. The molecule has 0 radical (unpaired) electrons. The van der Waals surface area contributed by atoms with Crippen molar-refractivity contribution in [2.45, 2.75) is 161 Å². The molecule has 1 fully saturated rings. The van der Waals surface area contributed by atoms with Gasteiger partial charge < -0.3 is 18.7 Å². The Morgan fingerprint density at radius 2 is 1.30 bits per heavy atom. The van der Waals surface area contributed by atoms with E-state index >= 15 is 0 Å². The van der Waals surface area contributed by atoms with E-state index < -0.39 is 0 Å². The van der Waals surface area contributed by atoms with Gasteiger partial charge in [-0.3, -0.25) is 0 Å². The Labute approximate surface area is 450 Å². The maximum atomic E-state index is 7.26. The van der Waals surface area contributed by atoms with E-state index in [1.165, 1.54) is 173 Å². The Hall–Kier alpha value is -6.72. The van der Waals surface area contributed by atoms with Gasteiger partial charge in [0.25, 0.3) is 0 Å². The molecule has 380 valence electrons. The molecule has 4 nitrogen and oxygen atoms in total. The summed E-state index contributed by atoms with van der Waals surface area (Å²) in [6.45, 7) is 24.3. The lowest BCUT2D eigenvalue weighted by Crippen LogP contribution is -2.61. The number of aromatic nitrogens is 1. The Morgan fingerprint density at radius 1 is 0.579 bits per heavy atom. The van der Waals surface area contributed by atoms with E-state index in [9.17, 15) is 0 Å². The van der Waals surface area contributed by atoms with Gasteiger partial charge in [0, 0.05) is 55.3 Å². The predicted molar refractivity (Wildman–Crippen MR) is 325 cm³/mol. The van der Waals surface area contributed by atoms with Crippen molar-refractivity contribution < 1.29 is 4.42 Å². The van der Waals surface area contributed by atoms with Crippen LogP contribution in [0.4, 0.5) is 22.7 Å². The van der Waals surface area contributed by atoms with Crippen molar-refractivity contribution in [3.63, 3.8) is 0 Å². The van der Waals surface area contributed by atoms with Crippen LogP contribution in [0.3, 0.4) is 0 Å². The molecule has 8 aromatic carbocycles. The third-order valence-corrected chi connectivity index (χ3v) is 20.5. The number of hydrogen-bond acceptors (Lipinski definition) is 3. The zero-order valence-electron chi connectivity index (χ0n) is 46.6. The summed E-state index contributed by atoms with van der Waals surface area (Å²) in [6, 6.07) is 53.3. The fourth-order valence-electron chi connectivity index (χ4n) is 16.0. The van der Waals surface area contributed by atoms with E-state index in [1.807, 2.05) is 0 Å². The summed E-state index contributed by atoms with van der Waals surface area (Å²) in [5.74, 6) is 0. The van der Waals surface area contributed by atoms with Gasteiger partial charge in [0.05, 0.1) is 22.3 Å². The number of hydrogen-bond donors (Lipinski definition) is 0. The average Bonchev–Trinajstić information content (AvgIpc) is 4.01. The smallest absolute Gasteiger partial charge is 0.333 e. The van der Waals surface area contributed by atoms with Crippen molar-refractivity contribution in [1.82, 2.24) is 4.57 Å². The molecule has 0 amide bonds. The Balaban J connectivity index is 1.12. The summed E-state index contributed by atoms with van der Waals surface area (Å²) in [6.07, 6.45) is 11.9. The zero-order chi connectivity index (χ0) is 52.0. The van der Waals surface area contributed by atoms with Gasteiger partial charge in [-0.25, -0.2) is 0 Å². The van der Waals surface area contributed by atoms with Crippen molar-refractivity contribution in [3.05, 3.63) is 161 Å². The molecule has 2 aliphatic carbocycles. The molecule has 0 bridgehead atoms. The second kappa shape index (κ2) is 15.7. The average molecular weight is 994 g/mol. The molecule has 10 aromatic rings. The van der Waals surface area contributed by atoms with E-state index in [0.717, 1.165) is 24.0 Å². The number of rotatable bonds is 6. The molecule has 2 aromatic heterocycles. The molecule has 3 aliphatic heterocycles. The van der Waals surface area contributed by atoms with Crippen molar-refractivity contribution in [1.29, 1.82) is 0 Å². The SMILES string of the molecule is CCCCCc1ccc(N2B3c4cc(C(C)(C)C)ccc4-n4c5ccc6ccccc6c5c5c(N6c7ccccc7C7(C)CCCC[C@]67C)cc(c3c54)-c3cc4oc5cc6c(cc5c4cc32)C(C)(C)CCC6(C)C)cc1. The number of fused-ring (bicyclic) bond motifs is 17. The molecule has 0 spiro atoms. The monoisotopic (exact) mass is 994 g/mol. The van der Waals surface area contributed by atoms with E-state index in [-0.39, 0.29) is 34.0 Å². The largest absolute Gasteiger partial charge is 0.456 e. The Kier molecular flexibility index (Phi) is 9.63. The van der Waals surface area contributed by atoms with E-state index in [0.29, 0.717) is 0 Å². The van der Waals surface area contributed by atoms with Crippen molar-refractivity contribution >= 4 is 95.0 Å². The molecule has 15 rings (SSSR count). The van der Waals surface area contributed by atoms with Gasteiger partial charge in [-0.2, -0.15) is 0 Å². The number of aryl methyl sites for hydroxylation is 1. The maximum Gasteiger partial charge on any atom is 0.333 e. The van der Waals surface area contributed by atoms with Crippen LogP contribution in [0.5, 0.6) is 0 Å². The first kappa shape index (κ1) is 46.6. The molecule has 5 aliphatic rings. The lowest BCUT2D eigenvalue weighted by atomic mass is 9.43. The standard InChI is InChI=1S/C71H72BN3O/c1-11-12-13-20-43-25-29-46(30-26-43)75-59-39-50-49-38-53-54(69(7,8)36-35-68(53,5)6)42-62(49)76-61(50)41-48(59)51-40-60(74-56-24-17-16-23-52(56)70(9)33-18-19-34-71(70,74)10)64-63-47-22-15-14-21-44(47)27-31-58(63)73-57-32-28-45(67(2,3)4)37-55(57)72(75)65(51)66(64)73/h14-17,21-32,37-42H,11-13,18-20,33-36H2,1-10H3/t70?,71-/m0/s1. The van der Waals surface area contributed by atoms with Gasteiger partial charge in [0.2, 0.25) is 0 Å². The number of nitrogens with zero attached hydrogens (tertiary/aromatic N) is 3. The molecule has 0 N–H and O–H groups in total. The molecule has 1 unspecified atom stereocenters. The molecule has 0 saturated heterocycles. The van der Waals surface area contributed by atoms with Gasteiger partial charge in [0.15, 0.2) is 0 Å². The lowest BCUT2D eigenvalue weighted by Gasteiger charge is -2.51. The second-order valence-electron chi connectivity index (χ2n) is 26.8. The van der Waals surface area contributed by atoms with Crippen molar-refractivity contribution in [2.75, 3.05) is 9.71 Å². The van der Waals surface area contributed by atoms with Gasteiger partial charge in [-0.15, -0.1) is 0 Å². The number of furan rings is 1. The number of para-hydroxylation sites is 1. The summed E-state index contributed by atoms with van der Waals surface area (Å²) in [5, 5.41) is 7.71. The quantitative estimate of drug-likeness (QED) is 0.123. The number of benzene rings is 8. The van der Waals surface area contributed by atoms with E-state index in [4.69, 9.17) is 4.42 Å². The lowest BCUT2D eigenvalue weighted by molar-refractivity contribution is 0.195. The topological polar surface area (TPSA) is 24.6 Å². The third kappa shape index (κ3) is 6.15. The van der Waals surface area contributed by atoms with Crippen molar-refractivity contribution in [3.8, 4) is 16.8 Å². The molecule has 76 heavy (non-hydrogen) atoms. The first-order valence-corrected chi connectivity index (χ1v) is 29.0. The first-order valence-electron chi connectivity index (χ1n) is 29.0. The highest BCUT2D eigenvalue weighted by Crippen LogP contribution is 2.63. The van der Waals surface area contributed by atoms with Crippen LogP contribution in [-0.4, -0.2) is 17.0 Å². The minimum atomic E-state index is -0.149. The number of unbranched alkanes of at least 4 members (excludes halogenated alkanes) is 2. The van der Waals surface area contributed by atoms with Gasteiger partial charge >= 0.3 is 6.85 Å². The molecular weight excluding hydrogens is 922 g/mol. The predicted octanol–water partition coefficient (Wildman–Crippen LogP) is 18.2. The van der Waals surface area contributed by atoms with Crippen LogP contribution >= 0.6 is 0 Å². The highest BCUT2D eigenvalue weighted by atomic mass is 16.3. The van der Waals surface area contributed by atoms with Crippen LogP contribution < -0.4 is 20.6 Å². The summed E-state index contributed by atoms with van der Waals surface area (Å²) < 4.78 is 9.97. The van der Waals surface area contributed by atoms with Crippen LogP contribution in [0.15, 0.2) is 138 Å². The minimum absolute atomic E-state index is 0.0137. The van der Waals surface area contributed by atoms with Crippen molar-refractivity contribution in [2.24, 2.45) is 0 Å².